The maximum absolute atomic E-state index is 9.48. The third kappa shape index (κ3) is 2.83. The van der Waals surface area contributed by atoms with E-state index in [1.165, 1.54) is 0 Å². The molecule has 0 spiro atoms. The minimum absolute atomic E-state index is 0.147. The van der Waals surface area contributed by atoms with Crippen LogP contribution in [0.4, 0.5) is 5.69 Å². The van der Waals surface area contributed by atoms with E-state index in [9.17, 15) is 5.11 Å². The maximum Gasteiger partial charge on any atom is 0.138 e. The van der Waals surface area contributed by atoms with Crippen molar-refractivity contribution in [1.29, 1.82) is 0 Å². The molecule has 0 saturated heterocycles. The lowest BCUT2D eigenvalue weighted by Crippen LogP contribution is -2.06. The number of hydrogen-bond donors (Lipinski definition) is 2. The predicted octanol–water partition coefficient (Wildman–Crippen LogP) is 2.61. The Bertz CT molecular complexity index is 297. The molecule has 0 aromatic heterocycles. The largest absolute Gasteiger partial charge is 0.506 e. The monoisotopic (exact) mass is 195 g/mol. The van der Waals surface area contributed by atoms with Crippen LogP contribution in [0.5, 0.6) is 11.5 Å². The normalized spacial score (nSPS) is 10.3. The number of aromatic hydroxyl groups is 1. The van der Waals surface area contributed by atoms with E-state index in [4.69, 9.17) is 4.74 Å². The first kappa shape index (κ1) is 10.7. The van der Waals surface area contributed by atoms with Crippen molar-refractivity contribution in [3.8, 4) is 11.5 Å². The van der Waals surface area contributed by atoms with Crippen LogP contribution in [0.15, 0.2) is 18.2 Å². The average Bonchev–Trinajstić information content (AvgIpc) is 2.10. The van der Waals surface area contributed by atoms with Gasteiger partial charge in [0.05, 0.1) is 11.8 Å². The molecule has 14 heavy (non-hydrogen) atoms. The van der Waals surface area contributed by atoms with Crippen LogP contribution >= 0.6 is 0 Å². The number of phenols is 1. The minimum Gasteiger partial charge on any atom is -0.506 e. The molecule has 0 atom stereocenters. The molecule has 3 nitrogen and oxygen atoms in total. The van der Waals surface area contributed by atoms with Gasteiger partial charge >= 0.3 is 0 Å². The average molecular weight is 195 g/mol. The van der Waals surface area contributed by atoms with E-state index in [0.29, 0.717) is 5.69 Å². The molecule has 0 unspecified atom stereocenters. The van der Waals surface area contributed by atoms with Crippen molar-refractivity contribution in [2.24, 2.45) is 0 Å². The highest BCUT2D eigenvalue weighted by molar-refractivity contribution is 5.58. The van der Waals surface area contributed by atoms with Gasteiger partial charge in [0.2, 0.25) is 0 Å². The van der Waals surface area contributed by atoms with Crippen molar-refractivity contribution in [3.05, 3.63) is 18.2 Å². The molecule has 0 aliphatic rings. The van der Waals surface area contributed by atoms with Crippen molar-refractivity contribution in [2.45, 2.75) is 26.9 Å². The summed E-state index contributed by atoms with van der Waals surface area (Å²) in [6, 6.07) is 5.20. The smallest absolute Gasteiger partial charge is 0.138 e. The van der Waals surface area contributed by atoms with Gasteiger partial charge < -0.3 is 15.2 Å². The minimum atomic E-state index is 0.147. The second-order valence-electron chi connectivity index (χ2n) is 3.38. The van der Waals surface area contributed by atoms with Crippen molar-refractivity contribution >= 4 is 5.69 Å². The van der Waals surface area contributed by atoms with Crippen molar-refractivity contribution in [2.75, 3.05) is 11.9 Å². The third-order valence-corrected chi connectivity index (χ3v) is 1.71. The summed E-state index contributed by atoms with van der Waals surface area (Å²) < 4.78 is 5.51. The van der Waals surface area contributed by atoms with E-state index in [1.807, 2.05) is 20.8 Å². The Hall–Kier alpha value is -1.38. The number of rotatable bonds is 4. The maximum atomic E-state index is 9.48. The lowest BCUT2D eigenvalue weighted by Gasteiger charge is -2.12. The van der Waals surface area contributed by atoms with Gasteiger partial charge in [0.1, 0.15) is 11.5 Å². The van der Waals surface area contributed by atoms with E-state index >= 15 is 0 Å². The molecule has 2 N–H and O–H groups in total. The van der Waals surface area contributed by atoms with E-state index in [2.05, 4.69) is 5.32 Å². The fourth-order valence-electron chi connectivity index (χ4n) is 1.19. The summed E-state index contributed by atoms with van der Waals surface area (Å²) in [6.07, 6.45) is 0.147. The molecule has 0 bridgehead atoms. The van der Waals surface area contributed by atoms with Crippen molar-refractivity contribution < 1.29 is 9.84 Å². The summed E-state index contributed by atoms with van der Waals surface area (Å²) >= 11 is 0. The first-order chi connectivity index (χ1) is 6.63. The molecule has 1 aromatic rings. The number of anilines is 1. The Morgan fingerprint density at radius 3 is 2.71 bits per heavy atom. The molecule has 3 heteroatoms. The Morgan fingerprint density at radius 2 is 2.14 bits per heavy atom. The molecule has 1 rings (SSSR count). The second kappa shape index (κ2) is 4.74. The van der Waals surface area contributed by atoms with Crippen LogP contribution in [-0.4, -0.2) is 17.8 Å². The van der Waals surface area contributed by atoms with Crippen molar-refractivity contribution in [3.63, 3.8) is 0 Å². The second-order valence-corrected chi connectivity index (χ2v) is 3.38. The van der Waals surface area contributed by atoms with Gasteiger partial charge in [-0.2, -0.15) is 0 Å². The Balaban J connectivity index is 2.83. The Kier molecular flexibility index (Phi) is 3.63. The first-order valence-corrected chi connectivity index (χ1v) is 4.87. The summed E-state index contributed by atoms with van der Waals surface area (Å²) in [5.41, 5.74) is 0.714. The van der Waals surface area contributed by atoms with Crippen LogP contribution in [0.3, 0.4) is 0 Å². The van der Waals surface area contributed by atoms with Gasteiger partial charge in [-0.15, -0.1) is 0 Å². The molecule has 0 aliphatic heterocycles. The van der Waals surface area contributed by atoms with Crippen LogP contribution in [-0.2, 0) is 0 Å². The Labute approximate surface area is 84.7 Å². The van der Waals surface area contributed by atoms with Gasteiger partial charge in [-0.3, -0.25) is 0 Å². The molecule has 0 aliphatic carbocycles. The number of nitrogens with one attached hydrogen (secondary N) is 1. The predicted molar refractivity (Wildman–Crippen MR) is 58.0 cm³/mol. The standard InChI is InChI=1S/C11H17NO2/c1-4-12-10-7-9(14-8(2)3)5-6-11(10)13/h5-8,12-13H,4H2,1-3H3. The van der Waals surface area contributed by atoms with Crippen LogP contribution < -0.4 is 10.1 Å². The van der Waals surface area contributed by atoms with E-state index in [-0.39, 0.29) is 11.9 Å². The zero-order valence-electron chi connectivity index (χ0n) is 8.87. The quantitative estimate of drug-likeness (QED) is 0.726. The van der Waals surface area contributed by atoms with E-state index in [0.717, 1.165) is 12.3 Å². The lowest BCUT2D eigenvalue weighted by molar-refractivity contribution is 0.242. The molecule has 0 heterocycles. The molecule has 0 fully saturated rings. The molecule has 0 radical (unpaired) electrons. The van der Waals surface area contributed by atoms with Gasteiger partial charge in [0.25, 0.3) is 0 Å². The van der Waals surface area contributed by atoms with Gasteiger partial charge in [-0.25, -0.2) is 0 Å². The lowest BCUT2D eigenvalue weighted by atomic mass is 10.2. The molecular weight excluding hydrogens is 178 g/mol. The number of ether oxygens (including phenoxy) is 1. The fraction of sp³-hybridized carbons (Fsp3) is 0.455. The highest BCUT2D eigenvalue weighted by Gasteiger charge is 2.03. The zero-order chi connectivity index (χ0) is 10.6. The summed E-state index contributed by atoms with van der Waals surface area (Å²) in [6.45, 7) is 6.70. The number of phenolic OH excluding ortho intramolecular Hbond substituents is 1. The molecule has 78 valence electrons. The van der Waals surface area contributed by atoms with E-state index in [1.54, 1.807) is 18.2 Å². The van der Waals surface area contributed by atoms with Crippen molar-refractivity contribution in [1.82, 2.24) is 0 Å². The van der Waals surface area contributed by atoms with Crippen LogP contribution in [0.2, 0.25) is 0 Å². The highest BCUT2D eigenvalue weighted by Crippen LogP contribution is 2.28. The third-order valence-electron chi connectivity index (χ3n) is 1.71. The number of hydrogen-bond acceptors (Lipinski definition) is 3. The highest BCUT2D eigenvalue weighted by atomic mass is 16.5. The summed E-state index contributed by atoms with van der Waals surface area (Å²) in [5.74, 6) is 1.02. The van der Waals surface area contributed by atoms with Crippen LogP contribution in [0.25, 0.3) is 0 Å². The summed E-state index contributed by atoms with van der Waals surface area (Å²) in [7, 11) is 0. The summed E-state index contributed by atoms with van der Waals surface area (Å²) in [4.78, 5) is 0. The van der Waals surface area contributed by atoms with Crippen LogP contribution in [0.1, 0.15) is 20.8 Å². The van der Waals surface area contributed by atoms with Gasteiger partial charge in [-0.1, -0.05) is 0 Å². The first-order valence-electron chi connectivity index (χ1n) is 4.87. The fourth-order valence-corrected chi connectivity index (χ4v) is 1.19. The SMILES string of the molecule is CCNc1cc(OC(C)C)ccc1O. The summed E-state index contributed by atoms with van der Waals surface area (Å²) in [5, 5.41) is 12.5. The molecule has 0 saturated carbocycles. The van der Waals surface area contributed by atoms with Gasteiger partial charge in [-0.05, 0) is 32.9 Å². The Morgan fingerprint density at radius 1 is 1.43 bits per heavy atom. The molecule has 0 amide bonds. The molecule has 1 aromatic carbocycles. The molecular formula is C11H17NO2. The number of benzene rings is 1. The zero-order valence-corrected chi connectivity index (χ0v) is 8.87. The van der Waals surface area contributed by atoms with Gasteiger partial charge in [0, 0.05) is 12.6 Å². The topological polar surface area (TPSA) is 41.5 Å². The van der Waals surface area contributed by atoms with E-state index < -0.39 is 0 Å². The van der Waals surface area contributed by atoms with Crippen LogP contribution in [0, 0.1) is 0 Å². The van der Waals surface area contributed by atoms with Gasteiger partial charge in [0.15, 0.2) is 0 Å².